The van der Waals surface area contributed by atoms with Gasteiger partial charge in [0.05, 0.1) is 0 Å². The number of hydrogen-bond donors (Lipinski definition) is 0. The minimum Gasteiger partial charge on any atom is -0.286 e. The molecule has 4 heterocycles. The zero-order valence-corrected chi connectivity index (χ0v) is 15.1. The predicted molar refractivity (Wildman–Crippen MR) is 95.5 cm³/mol. The van der Waals surface area contributed by atoms with Crippen LogP contribution in [0.15, 0.2) is 52.1 Å². The Labute approximate surface area is 154 Å². The Hall–Kier alpha value is -2.85. The Morgan fingerprint density at radius 2 is 1.85 bits per heavy atom. The highest BCUT2D eigenvalue weighted by atomic mass is 32.2. The van der Waals surface area contributed by atoms with Crippen molar-refractivity contribution in [3.63, 3.8) is 0 Å². The predicted octanol–water partition coefficient (Wildman–Crippen LogP) is 1.83. The van der Waals surface area contributed by atoms with Crippen molar-refractivity contribution in [2.24, 2.45) is 0 Å². The number of nitrogens with zero attached hydrogens (tertiary/aromatic N) is 6. The van der Waals surface area contributed by atoms with Gasteiger partial charge < -0.3 is 0 Å². The summed E-state index contributed by atoms with van der Waals surface area (Å²) in [6.45, 7) is 0.826. The van der Waals surface area contributed by atoms with Crippen LogP contribution >= 0.6 is 0 Å². The van der Waals surface area contributed by atoms with Gasteiger partial charge in [-0.3, -0.25) is 4.40 Å². The molecule has 0 amide bonds. The van der Waals surface area contributed by atoms with Crippen LogP contribution in [0.2, 0.25) is 0 Å². The summed E-state index contributed by atoms with van der Waals surface area (Å²) >= 11 is 0. The third-order valence-corrected chi connectivity index (χ3v) is 6.96. The lowest BCUT2D eigenvalue weighted by Gasteiger charge is -2.30. The monoisotopic (exact) mass is 384 g/mol. The molecule has 9 nitrogen and oxygen atoms in total. The van der Waals surface area contributed by atoms with E-state index in [0.29, 0.717) is 31.4 Å². The average Bonchev–Trinajstić information content (AvgIpc) is 3.34. The molecule has 4 aromatic rings. The first-order chi connectivity index (χ1) is 13.1. The fourth-order valence-corrected chi connectivity index (χ4v) is 5.23. The summed E-state index contributed by atoms with van der Waals surface area (Å²) in [4.78, 5) is 0.132. The van der Waals surface area contributed by atoms with Crippen molar-refractivity contribution in [3.8, 4) is 0 Å². The largest absolute Gasteiger partial charge is 0.286 e. The lowest BCUT2D eigenvalue weighted by Crippen LogP contribution is -2.38. The zero-order valence-electron chi connectivity index (χ0n) is 14.3. The molecule has 0 atom stereocenters. The maximum absolute atomic E-state index is 13.1. The summed E-state index contributed by atoms with van der Waals surface area (Å²) in [5, 5.41) is 16.0. The molecule has 1 saturated heterocycles. The molecule has 0 radical (unpaired) electrons. The van der Waals surface area contributed by atoms with E-state index in [1.54, 1.807) is 18.2 Å². The van der Waals surface area contributed by atoms with Crippen molar-refractivity contribution >= 4 is 26.7 Å². The molecule has 1 fully saturated rings. The minimum atomic E-state index is -3.67. The van der Waals surface area contributed by atoms with E-state index in [9.17, 15) is 8.42 Å². The molecule has 1 aliphatic rings. The van der Waals surface area contributed by atoms with Gasteiger partial charge in [-0.15, -0.1) is 10.2 Å². The van der Waals surface area contributed by atoms with Crippen LogP contribution < -0.4 is 0 Å². The Morgan fingerprint density at radius 1 is 1.00 bits per heavy atom. The lowest BCUT2D eigenvalue weighted by molar-refractivity contribution is 0.310. The quantitative estimate of drug-likeness (QED) is 0.530. The Morgan fingerprint density at radius 3 is 2.70 bits per heavy atom. The van der Waals surface area contributed by atoms with E-state index in [2.05, 4.69) is 20.5 Å². The number of fused-ring (bicyclic) bond motifs is 2. The summed E-state index contributed by atoms with van der Waals surface area (Å²) < 4.78 is 34.3. The van der Waals surface area contributed by atoms with E-state index in [1.165, 1.54) is 4.31 Å². The van der Waals surface area contributed by atoms with Gasteiger partial charge in [0.2, 0.25) is 10.0 Å². The van der Waals surface area contributed by atoms with Gasteiger partial charge in [0, 0.05) is 25.2 Å². The highest BCUT2D eigenvalue weighted by molar-refractivity contribution is 7.89. The van der Waals surface area contributed by atoms with Gasteiger partial charge >= 0.3 is 0 Å². The highest BCUT2D eigenvalue weighted by Crippen LogP contribution is 2.31. The van der Waals surface area contributed by atoms with Gasteiger partial charge in [-0.1, -0.05) is 12.1 Å². The third kappa shape index (κ3) is 2.60. The highest BCUT2D eigenvalue weighted by Gasteiger charge is 2.33. The van der Waals surface area contributed by atoms with Crippen LogP contribution in [0.25, 0.3) is 16.7 Å². The molecule has 0 aliphatic carbocycles. The first-order valence-electron chi connectivity index (χ1n) is 8.66. The van der Waals surface area contributed by atoms with Crippen molar-refractivity contribution in [2.45, 2.75) is 23.7 Å². The van der Waals surface area contributed by atoms with Gasteiger partial charge in [-0.2, -0.15) is 4.31 Å². The average molecular weight is 384 g/mol. The molecule has 0 unspecified atom stereocenters. The second kappa shape index (κ2) is 6.10. The minimum absolute atomic E-state index is 0.132. The fraction of sp³-hybridized carbons (Fsp3) is 0.294. The van der Waals surface area contributed by atoms with Crippen LogP contribution in [-0.4, -0.2) is 50.7 Å². The Balaban J connectivity index is 1.41. The summed E-state index contributed by atoms with van der Waals surface area (Å²) in [6.07, 6.45) is 3.30. The number of benzene rings is 1. The topological polar surface area (TPSA) is 106 Å². The second-order valence-corrected chi connectivity index (χ2v) is 8.46. The number of aromatic nitrogens is 5. The fourth-order valence-electron chi connectivity index (χ4n) is 3.62. The van der Waals surface area contributed by atoms with Gasteiger partial charge in [0.25, 0.3) is 0 Å². The first kappa shape index (κ1) is 16.3. The number of piperidine rings is 1. The van der Waals surface area contributed by atoms with Gasteiger partial charge in [-0.05, 0) is 47.4 Å². The molecule has 5 rings (SSSR count). The second-order valence-electron chi connectivity index (χ2n) is 6.55. The standard InChI is InChI=1S/C17H16N6O3S/c24-27(25,14-5-3-4-13-16(14)21-26-20-13)22-10-7-12(8-11-22)17-19-18-15-6-1-2-9-23(15)17/h1-6,9,12H,7-8,10-11H2. The molecule has 0 saturated carbocycles. The van der Waals surface area contributed by atoms with Crippen LogP contribution in [0, 0.1) is 0 Å². The van der Waals surface area contributed by atoms with E-state index >= 15 is 0 Å². The first-order valence-corrected chi connectivity index (χ1v) is 10.1. The van der Waals surface area contributed by atoms with Crippen molar-refractivity contribution in [3.05, 3.63) is 48.4 Å². The Bertz CT molecular complexity index is 1220. The number of hydrogen-bond acceptors (Lipinski definition) is 7. The lowest BCUT2D eigenvalue weighted by atomic mass is 9.97. The smallest absolute Gasteiger partial charge is 0.245 e. The summed E-state index contributed by atoms with van der Waals surface area (Å²) in [7, 11) is -3.67. The van der Waals surface area contributed by atoms with Crippen molar-refractivity contribution in [2.75, 3.05) is 13.1 Å². The molecule has 1 aromatic carbocycles. The normalized spacial score (nSPS) is 17.0. The molecule has 0 spiro atoms. The maximum Gasteiger partial charge on any atom is 0.245 e. The molecule has 1 aliphatic heterocycles. The molecular weight excluding hydrogens is 368 g/mol. The van der Waals surface area contributed by atoms with Crippen LogP contribution in [0.5, 0.6) is 0 Å². The summed E-state index contributed by atoms with van der Waals surface area (Å²) in [5.74, 6) is 1.05. The zero-order chi connectivity index (χ0) is 18.4. The number of pyridine rings is 1. The molecule has 27 heavy (non-hydrogen) atoms. The van der Waals surface area contributed by atoms with Crippen molar-refractivity contribution < 1.29 is 13.0 Å². The van der Waals surface area contributed by atoms with Crippen molar-refractivity contribution in [1.82, 2.24) is 29.2 Å². The van der Waals surface area contributed by atoms with Crippen LogP contribution in [0.4, 0.5) is 0 Å². The molecule has 10 heteroatoms. The molecule has 3 aromatic heterocycles. The maximum atomic E-state index is 13.1. The van der Waals surface area contributed by atoms with E-state index < -0.39 is 10.0 Å². The van der Waals surface area contributed by atoms with E-state index in [0.717, 1.165) is 11.5 Å². The van der Waals surface area contributed by atoms with Crippen LogP contribution in [0.1, 0.15) is 24.6 Å². The third-order valence-electron chi connectivity index (χ3n) is 5.03. The van der Waals surface area contributed by atoms with Crippen LogP contribution in [-0.2, 0) is 10.0 Å². The SMILES string of the molecule is O=S(=O)(c1cccc2nonc12)N1CCC(c2nnc3ccccn23)CC1. The Kier molecular flexibility index (Phi) is 3.69. The molecule has 0 bridgehead atoms. The van der Waals surface area contributed by atoms with Gasteiger partial charge in [0.15, 0.2) is 11.2 Å². The van der Waals surface area contributed by atoms with E-state index in [-0.39, 0.29) is 16.3 Å². The van der Waals surface area contributed by atoms with Crippen LogP contribution in [0.3, 0.4) is 0 Å². The van der Waals surface area contributed by atoms with E-state index in [1.807, 2.05) is 28.8 Å². The van der Waals surface area contributed by atoms with E-state index in [4.69, 9.17) is 4.63 Å². The molecule has 138 valence electrons. The van der Waals surface area contributed by atoms with Gasteiger partial charge in [-0.25, -0.2) is 13.0 Å². The van der Waals surface area contributed by atoms with Gasteiger partial charge in [0.1, 0.15) is 16.2 Å². The number of sulfonamides is 1. The number of rotatable bonds is 3. The molecular formula is C17H16N6O3S. The van der Waals surface area contributed by atoms with Crippen molar-refractivity contribution in [1.29, 1.82) is 0 Å². The summed E-state index contributed by atoms with van der Waals surface area (Å²) in [6, 6.07) is 10.6. The summed E-state index contributed by atoms with van der Waals surface area (Å²) in [5.41, 5.74) is 1.50. The molecule has 0 N–H and O–H groups in total.